The Balaban J connectivity index is 1.19. The first kappa shape index (κ1) is 31.4. The standard InChI is InChI=1S/C36H37ClN4O5/c1-23-18-28-31(42)21-33(46-32(28)19-24(23)2)35(44)38-29(20-25-9-11-27(37)12-10-25)36(45)40-16-14-39(15-17-40)30-7-4-3-6-26(30)22-41-13-5-8-34(41)43/h3-4,6-7,9-12,18-19,21,29H,5,8,13-17,20,22H2,1-2H3,(H,38,44)/t29-/m1/s1. The minimum atomic E-state index is -0.894. The number of nitrogens with one attached hydrogen (secondary N) is 1. The quantitative estimate of drug-likeness (QED) is 0.295. The molecule has 1 N–H and O–H groups in total. The highest BCUT2D eigenvalue weighted by atomic mass is 35.5. The van der Waals surface area contributed by atoms with Gasteiger partial charge in [-0.1, -0.05) is 41.9 Å². The zero-order chi connectivity index (χ0) is 32.4. The van der Waals surface area contributed by atoms with E-state index in [0.29, 0.717) is 55.1 Å². The lowest BCUT2D eigenvalue weighted by atomic mass is 10.0. The molecule has 3 amide bonds. The maximum absolute atomic E-state index is 14.0. The number of fused-ring (bicyclic) bond motifs is 1. The number of carbonyl (C=O) groups excluding carboxylic acids is 3. The fourth-order valence-electron chi connectivity index (χ4n) is 6.23. The highest BCUT2D eigenvalue weighted by molar-refractivity contribution is 6.30. The molecule has 9 nitrogen and oxygen atoms in total. The van der Waals surface area contributed by atoms with Crippen LogP contribution in [0, 0.1) is 13.8 Å². The van der Waals surface area contributed by atoms with E-state index in [-0.39, 0.29) is 29.4 Å². The second-order valence-corrected chi connectivity index (χ2v) is 12.6. The van der Waals surface area contributed by atoms with E-state index in [0.717, 1.165) is 40.9 Å². The van der Waals surface area contributed by atoms with Crippen molar-refractivity contribution in [2.24, 2.45) is 0 Å². The first-order chi connectivity index (χ1) is 22.2. The van der Waals surface area contributed by atoms with Gasteiger partial charge < -0.3 is 24.4 Å². The van der Waals surface area contributed by atoms with Crippen molar-refractivity contribution in [3.05, 3.63) is 110 Å². The molecular weight excluding hydrogens is 604 g/mol. The smallest absolute Gasteiger partial charge is 0.287 e. The molecule has 6 rings (SSSR count). The lowest BCUT2D eigenvalue weighted by molar-refractivity contribution is -0.133. The Morgan fingerprint density at radius 3 is 2.35 bits per heavy atom. The van der Waals surface area contributed by atoms with E-state index < -0.39 is 11.9 Å². The van der Waals surface area contributed by atoms with Crippen LogP contribution >= 0.6 is 11.6 Å². The van der Waals surface area contributed by atoms with Gasteiger partial charge in [0.15, 0.2) is 11.2 Å². The van der Waals surface area contributed by atoms with Gasteiger partial charge in [-0.05, 0) is 72.9 Å². The molecule has 0 unspecified atom stereocenters. The number of hydrogen-bond acceptors (Lipinski definition) is 6. The largest absolute Gasteiger partial charge is 0.451 e. The van der Waals surface area contributed by atoms with Crippen molar-refractivity contribution in [1.29, 1.82) is 0 Å². The minimum absolute atomic E-state index is 0.146. The molecule has 1 atom stereocenters. The number of anilines is 1. The van der Waals surface area contributed by atoms with Crippen LogP contribution in [0.3, 0.4) is 0 Å². The predicted molar refractivity (Wildman–Crippen MR) is 178 cm³/mol. The number of amides is 3. The van der Waals surface area contributed by atoms with Crippen LogP contribution < -0.4 is 15.6 Å². The van der Waals surface area contributed by atoms with Crippen LogP contribution in [-0.2, 0) is 22.6 Å². The normalized spacial score (nSPS) is 15.8. The topological polar surface area (TPSA) is 103 Å². The summed E-state index contributed by atoms with van der Waals surface area (Å²) in [4.78, 5) is 58.6. The second-order valence-electron chi connectivity index (χ2n) is 12.1. The Bertz CT molecular complexity index is 1850. The number of hydrogen-bond donors (Lipinski definition) is 1. The summed E-state index contributed by atoms with van der Waals surface area (Å²) >= 11 is 6.10. The molecule has 0 saturated carbocycles. The molecule has 2 saturated heterocycles. The first-order valence-electron chi connectivity index (χ1n) is 15.7. The number of aryl methyl sites for hydroxylation is 2. The van der Waals surface area contributed by atoms with Gasteiger partial charge in [0.25, 0.3) is 5.91 Å². The predicted octanol–water partition coefficient (Wildman–Crippen LogP) is 4.88. The molecule has 2 aliphatic heterocycles. The fourth-order valence-corrected chi connectivity index (χ4v) is 6.35. The maximum atomic E-state index is 14.0. The Morgan fingerprint density at radius 1 is 0.913 bits per heavy atom. The molecule has 238 valence electrons. The summed E-state index contributed by atoms with van der Waals surface area (Å²) < 4.78 is 5.88. The molecule has 2 fully saturated rings. The van der Waals surface area contributed by atoms with Gasteiger partial charge >= 0.3 is 0 Å². The third-order valence-corrected chi connectivity index (χ3v) is 9.23. The van der Waals surface area contributed by atoms with Crippen LogP contribution in [0.2, 0.25) is 5.02 Å². The Kier molecular flexibility index (Phi) is 9.12. The van der Waals surface area contributed by atoms with E-state index in [4.69, 9.17) is 16.0 Å². The molecule has 46 heavy (non-hydrogen) atoms. The number of benzene rings is 3. The summed E-state index contributed by atoms with van der Waals surface area (Å²) in [5.74, 6) is -0.804. The number of carbonyl (C=O) groups is 3. The van der Waals surface area contributed by atoms with Crippen LogP contribution in [0.25, 0.3) is 11.0 Å². The first-order valence-corrected chi connectivity index (χ1v) is 16.0. The van der Waals surface area contributed by atoms with Crippen molar-refractivity contribution in [2.75, 3.05) is 37.6 Å². The van der Waals surface area contributed by atoms with E-state index >= 15 is 0 Å². The number of halogens is 1. The number of nitrogens with zero attached hydrogens (tertiary/aromatic N) is 3. The summed E-state index contributed by atoms with van der Waals surface area (Å²) in [6.45, 7) is 7.32. The molecule has 2 aliphatic rings. The molecule has 0 aliphatic carbocycles. The van der Waals surface area contributed by atoms with Crippen LogP contribution in [-0.4, -0.2) is 66.3 Å². The molecule has 0 radical (unpaired) electrons. The van der Waals surface area contributed by atoms with Gasteiger partial charge in [0.05, 0.1) is 5.39 Å². The highest BCUT2D eigenvalue weighted by Gasteiger charge is 2.31. The molecule has 3 aromatic carbocycles. The number of rotatable bonds is 8. The molecule has 0 spiro atoms. The second kappa shape index (κ2) is 13.4. The van der Waals surface area contributed by atoms with Crippen molar-refractivity contribution in [2.45, 2.75) is 45.7 Å². The van der Waals surface area contributed by atoms with E-state index in [1.165, 1.54) is 6.07 Å². The molecule has 1 aromatic heterocycles. The summed E-state index contributed by atoms with van der Waals surface area (Å²) in [6, 6.07) is 19.1. The third-order valence-electron chi connectivity index (χ3n) is 8.98. The van der Waals surface area contributed by atoms with Gasteiger partial charge in [-0.25, -0.2) is 0 Å². The van der Waals surface area contributed by atoms with Crippen molar-refractivity contribution in [1.82, 2.24) is 15.1 Å². The highest BCUT2D eigenvalue weighted by Crippen LogP contribution is 2.26. The van der Waals surface area contributed by atoms with Gasteiger partial charge in [-0.2, -0.15) is 0 Å². The summed E-state index contributed by atoms with van der Waals surface area (Å²) in [5, 5.41) is 3.84. The maximum Gasteiger partial charge on any atom is 0.287 e. The Labute approximate surface area is 272 Å². The van der Waals surface area contributed by atoms with Gasteiger partial charge in [-0.3, -0.25) is 19.2 Å². The van der Waals surface area contributed by atoms with Crippen molar-refractivity contribution in [3.63, 3.8) is 0 Å². The average Bonchev–Trinajstić information content (AvgIpc) is 3.46. The van der Waals surface area contributed by atoms with Crippen molar-refractivity contribution < 1.29 is 18.8 Å². The SMILES string of the molecule is Cc1cc2oc(C(=O)N[C@H](Cc3ccc(Cl)cc3)C(=O)N3CCN(c4ccccc4CN4CCCC4=O)CC3)cc(=O)c2cc1C. The summed E-state index contributed by atoms with van der Waals surface area (Å²) in [7, 11) is 0. The molecule has 3 heterocycles. The molecule has 4 aromatic rings. The van der Waals surface area contributed by atoms with E-state index in [2.05, 4.69) is 22.3 Å². The Hall–Kier alpha value is -4.63. The van der Waals surface area contributed by atoms with Crippen LogP contribution in [0.1, 0.15) is 45.7 Å². The van der Waals surface area contributed by atoms with Crippen LogP contribution in [0.5, 0.6) is 0 Å². The van der Waals surface area contributed by atoms with Gasteiger partial charge in [0.2, 0.25) is 11.8 Å². The number of piperazine rings is 1. The van der Waals surface area contributed by atoms with Gasteiger partial charge in [0.1, 0.15) is 11.6 Å². The van der Waals surface area contributed by atoms with Crippen LogP contribution in [0.15, 0.2) is 75.9 Å². The lowest BCUT2D eigenvalue weighted by Gasteiger charge is -2.38. The fraction of sp³-hybridized carbons (Fsp3) is 0.333. The average molecular weight is 641 g/mol. The molecule has 10 heteroatoms. The van der Waals surface area contributed by atoms with E-state index in [1.54, 1.807) is 29.2 Å². The van der Waals surface area contributed by atoms with E-state index in [9.17, 15) is 19.2 Å². The minimum Gasteiger partial charge on any atom is -0.451 e. The van der Waals surface area contributed by atoms with Gasteiger partial charge in [0, 0.05) is 68.9 Å². The number of para-hydroxylation sites is 1. The van der Waals surface area contributed by atoms with Crippen molar-refractivity contribution >= 4 is 46.0 Å². The zero-order valence-electron chi connectivity index (χ0n) is 26.1. The lowest BCUT2D eigenvalue weighted by Crippen LogP contribution is -2.55. The van der Waals surface area contributed by atoms with E-state index in [1.807, 2.05) is 43.0 Å². The van der Waals surface area contributed by atoms with Crippen molar-refractivity contribution in [3.8, 4) is 0 Å². The van der Waals surface area contributed by atoms with Gasteiger partial charge in [-0.15, -0.1) is 0 Å². The van der Waals surface area contributed by atoms with Crippen LogP contribution in [0.4, 0.5) is 5.69 Å². The molecule has 0 bridgehead atoms. The third kappa shape index (κ3) is 6.79. The summed E-state index contributed by atoms with van der Waals surface area (Å²) in [6.07, 6.45) is 1.73. The Morgan fingerprint density at radius 2 is 1.63 bits per heavy atom. The summed E-state index contributed by atoms with van der Waals surface area (Å²) in [5.41, 5.74) is 4.89. The number of likely N-dealkylation sites (tertiary alicyclic amines) is 1. The molecular formula is C36H37ClN4O5. The monoisotopic (exact) mass is 640 g/mol. The zero-order valence-corrected chi connectivity index (χ0v) is 26.8.